The quantitative estimate of drug-likeness (QED) is 0.311. The average molecular weight is 534 g/mol. The largest absolute Gasteiger partial charge is 1.00 e. The number of halogens is 2. The zero-order valence-electron chi connectivity index (χ0n) is 20.2. The second-order valence-corrected chi connectivity index (χ2v) is 10.1. The minimum atomic E-state index is 0. The number of fused-ring (bicyclic) bond motifs is 2. The number of rotatable bonds is 8. The van der Waals surface area contributed by atoms with Crippen LogP contribution < -0.4 is 44.3 Å². The number of nitrogens with zero attached hydrogens (tertiary/aromatic N) is 2. The van der Waals surface area contributed by atoms with Gasteiger partial charge in [0, 0.05) is 30.5 Å². The molecule has 2 aromatic carbocycles. The summed E-state index contributed by atoms with van der Waals surface area (Å²) in [4.78, 5) is 13.2. The van der Waals surface area contributed by atoms with Crippen LogP contribution in [0, 0.1) is 0 Å². The van der Waals surface area contributed by atoms with Crippen molar-refractivity contribution in [2.45, 2.75) is 22.6 Å². The molecule has 3 heterocycles. The van der Waals surface area contributed by atoms with Crippen molar-refractivity contribution in [1.82, 2.24) is 4.98 Å². The van der Waals surface area contributed by atoms with E-state index in [4.69, 9.17) is 9.72 Å². The molecule has 0 spiro atoms. The SMILES string of the molecule is COc1ccc(CC[NH+]2CC[NH+](CCCN3c4ccccc4Sc4cccnc43)CC2)cc1.[Cl-].[Cl-]. The molecule has 0 saturated carbocycles. The first-order chi connectivity index (χ1) is 16.3. The Labute approximate surface area is 225 Å². The number of piperazine rings is 1. The fraction of sp³-hybridized carbons (Fsp3) is 0.370. The Morgan fingerprint density at radius 1 is 0.857 bits per heavy atom. The van der Waals surface area contributed by atoms with E-state index >= 15 is 0 Å². The number of nitrogens with one attached hydrogen (secondary N) is 2. The summed E-state index contributed by atoms with van der Waals surface area (Å²) in [6, 6.07) is 21.5. The molecule has 1 fully saturated rings. The maximum absolute atomic E-state index is 5.27. The summed E-state index contributed by atoms with van der Waals surface area (Å²) in [6.45, 7) is 8.60. The second kappa shape index (κ2) is 13.4. The number of pyridine rings is 1. The molecule has 5 rings (SSSR count). The predicted octanol–water partition coefficient (Wildman–Crippen LogP) is -3.88. The molecule has 2 aliphatic rings. The number of hydrogen-bond acceptors (Lipinski definition) is 4. The van der Waals surface area contributed by atoms with Gasteiger partial charge in [0.15, 0.2) is 0 Å². The zero-order valence-corrected chi connectivity index (χ0v) is 22.5. The van der Waals surface area contributed by atoms with Crippen molar-refractivity contribution in [3.63, 3.8) is 0 Å². The second-order valence-electron chi connectivity index (χ2n) is 9.00. The number of benzene rings is 2. The van der Waals surface area contributed by atoms with Gasteiger partial charge in [-0.05, 0) is 42.0 Å². The van der Waals surface area contributed by atoms with Crippen LogP contribution >= 0.6 is 11.8 Å². The molecular weight excluding hydrogens is 499 g/mol. The van der Waals surface area contributed by atoms with Gasteiger partial charge in [0.05, 0.1) is 30.8 Å². The third kappa shape index (κ3) is 6.83. The van der Waals surface area contributed by atoms with Crippen LogP contribution in [0.15, 0.2) is 76.7 Å². The first kappa shape index (κ1) is 27.6. The number of ether oxygens (including phenoxy) is 1. The van der Waals surface area contributed by atoms with E-state index in [9.17, 15) is 0 Å². The number of aromatic nitrogens is 1. The van der Waals surface area contributed by atoms with Crippen LogP contribution in [0.2, 0.25) is 0 Å². The van der Waals surface area contributed by atoms with Gasteiger partial charge in [-0.25, -0.2) is 4.98 Å². The highest BCUT2D eigenvalue weighted by Gasteiger charge is 2.26. The number of para-hydroxylation sites is 1. The van der Waals surface area contributed by atoms with Crippen LogP contribution in [0.5, 0.6) is 5.75 Å². The van der Waals surface area contributed by atoms with E-state index in [1.807, 2.05) is 24.0 Å². The molecule has 0 bridgehead atoms. The van der Waals surface area contributed by atoms with Gasteiger partial charge in [0.1, 0.15) is 37.7 Å². The van der Waals surface area contributed by atoms with E-state index in [1.165, 1.54) is 66.7 Å². The third-order valence-electron chi connectivity index (χ3n) is 6.89. The summed E-state index contributed by atoms with van der Waals surface area (Å²) in [6.07, 6.45) is 4.25. The summed E-state index contributed by atoms with van der Waals surface area (Å²) in [5, 5.41) is 0. The van der Waals surface area contributed by atoms with Gasteiger partial charge in [0.25, 0.3) is 0 Å². The van der Waals surface area contributed by atoms with Gasteiger partial charge in [-0.15, -0.1) is 0 Å². The number of hydrogen-bond donors (Lipinski definition) is 2. The number of quaternary nitrogens is 2. The standard InChI is InChI=1S/C27H32N4OS.2ClH/c1-32-23-11-9-22(10-12-23)13-17-30-20-18-29(19-21-30)15-5-16-31-24-6-2-3-7-25(24)33-26-8-4-14-28-27(26)31;;/h2-4,6-12,14H,5,13,15-21H2,1H3;2*1H. The first-order valence-corrected chi connectivity index (χ1v) is 12.9. The average Bonchev–Trinajstić information content (AvgIpc) is 2.88. The van der Waals surface area contributed by atoms with Crippen LogP contribution in [0.3, 0.4) is 0 Å². The lowest BCUT2D eigenvalue weighted by Crippen LogP contribution is -3.28. The fourth-order valence-electron chi connectivity index (χ4n) is 4.95. The molecule has 5 nitrogen and oxygen atoms in total. The Balaban J connectivity index is 0.00000171. The van der Waals surface area contributed by atoms with E-state index in [2.05, 4.69) is 59.5 Å². The van der Waals surface area contributed by atoms with Gasteiger partial charge in [-0.2, -0.15) is 0 Å². The molecule has 2 aliphatic heterocycles. The molecule has 35 heavy (non-hydrogen) atoms. The molecule has 0 amide bonds. The molecule has 8 heteroatoms. The Bertz CT molecular complexity index is 1020. The van der Waals surface area contributed by atoms with Crippen molar-refractivity contribution >= 4 is 23.3 Å². The van der Waals surface area contributed by atoms with Gasteiger partial charge in [0.2, 0.25) is 0 Å². The summed E-state index contributed by atoms with van der Waals surface area (Å²) in [5.41, 5.74) is 2.71. The summed E-state index contributed by atoms with van der Waals surface area (Å²) in [5.74, 6) is 2.05. The molecular formula is C27H34Cl2N4OS. The Kier molecular flexibility index (Phi) is 10.6. The Morgan fingerprint density at radius 2 is 1.54 bits per heavy atom. The highest BCUT2D eigenvalue weighted by atomic mass is 35.5. The van der Waals surface area contributed by atoms with Crippen LogP contribution in [-0.2, 0) is 6.42 Å². The molecule has 0 unspecified atom stereocenters. The van der Waals surface area contributed by atoms with Crippen molar-refractivity contribution in [3.05, 3.63) is 72.4 Å². The number of methoxy groups -OCH3 is 1. The lowest BCUT2D eigenvalue weighted by Gasteiger charge is -2.33. The topological polar surface area (TPSA) is 34.2 Å². The van der Waals surface area contributed by atoms with Crippen molar-refractivity contribution in [3.8, 4) is 5.75 Å². The van der Waals surface area contributed by atoms with Crippen LogP contribution in [0.25, 0.3) is 0 Å². The van der Waals surface area contributed by atoms with Crippen molar-refractivity contribution < 1.29 is 39.4 Å². The van der Waals surface area contributed by atoms with E-state index in [1.54, 1.807) is 16.9 Å². The van der Waals surface area contributed by atoms with Gasteiger partial charge < -0.3 is 44.3 Å². The van der Waals surface area contributed by atoms with E-state index in [0.29, 0.717) is 0 Å². The van der Waals surface area contributed by atoms with E-state index in [0.717, 1.165) is 24.5 Å². The lowest BCUT2D eigenvalue weighted by atomic mass is 10.1. The predicted molar refractivity (Wildman–Crippen MR) is 134 cm³/mol. The van der Waals surface area contributed by atoms with Crippen LogP contribution in [0.4, 0.5) is 11.5 Å². The highest BCUT2D eigenvalue weighted by molar-refractivity contribution is 7.99. The molecule has 0 radical (unpaired) electrons. The number of anilines is 2. The van der Waals surface area contributed by atoms with Gasteiger partial charge in [-0.1, -0.05) is 36.0 Å². The monoisotopic (exact) mass is 532 g/mol. The normalized spacial score (nSPS) is 18.5. The summed E-state index contributed by atoms with van der Waals surface area (Å²) >= 11 is 1.83. The smallest absolute Gasteiger partial charge is 0.147 e. The third-order valence-corrected chi connectivity index (χ3v) is 7.99. The minimum Gasteiger partial charge on any atom is -1.00 e. The van der Waals surface area contributed by atoms with Gasteiger partial charge >= 0.3 is 0 Å². The molecule has 188 valence electrons. The summed E-state index contributed by atoms with van der Waals surface area (Å²) in [7, 11) is 1.72. The zero-order chi connectivity index (χ0) is 22.5. The van der Waals surface area contributed by atoms with Crippen molar-refractivity contribution in [1.29, 1.82) is 0 Å². The van der Waals surface area contributed by atoms with Gasteiger partial charge in [-0.3, -0.25) is 0 Å². The van der Waals surface area contributed by atoms with Crippen LogP contribution in [-0.4, -0.2) is 57.9 Å². The molecule has 0 atom stereocenters. The van der Waals surface area contributed by atoms with E-state index in [-0.39, 0.29) is 24.8 Å². The lowest BCUT2D eigenvalue weighted by molar-refractivity contribution is -1.01. The maximum atomic E-state index is 5.27. The molecule has 1 saturated heterocycles. The highest BCUT2D eigenvalue weighted by Crippen LogP contribution is 2.46. The summed E-state index contributed by atoms with van der Waals surface area (Å²) < 4.78 is 5.27. The Hall–Kier alpha value is -1.96. The molecule has 2 N–H and O–H groups in total. The minimum absolute atomic E-state index is 0. The molecule has 0 aliphatic carbocycles. The first-order valence-electron chi connectivity index (χ1n) is 12.1. The molecule has 3 aromatic rings. The van der Waals surface area contributed by atoms with Crippen LogP contribution in [0.1, 0.15) is 12.0 Å². The van der Waals surface area contributed by atoms with E-state index < -0.39 is 0 Å². The fourth-order valence-corrected chi connectivity index (χ4v) is 6.01. The van der Waals surface area contributed by atoms with Crippen molar-refractivity contribution in [2.24, 2.45) is 0 Å². The molecule has 1 aromatic heterocycles. The van der Waals surface area contributed by atoms with Crippen molar-refractivity contribution in [2.75, 3.05) is 57.8 Å². The Morgan fingerprint density at radius 3 is 2.29 bits per heavy atom. The maximum Gasteiger partial charge on any atom is 0.147 e.